The molecule has 1 aliphatic rings. The summed E-state index contributed by atoms with van der Waals surface area (Å²) in [5, 5.41) is 21.2. The molecule has 0 aliphatic carbocycles. The van der Waals surface area contributed by atoms with E-state index in [1.807, 2.05) is 0 Å². The zero-order chi connectivity index (χ0) is 11.4. The molecule has 3 atom stereocenters. The number of β-amino-alcohol motifs (C(OH)–C–C–N with tert-alkyl or cyclic N) is 2. The third-order valence-corrected chi connectivity index (χ3v) is 2.58. The lowest BCUT2D eigenvalue weighted by atomic mass is 10.3. The average molecular weight is 212 g/mol. The van der Waals surface area contributed by atoms with Gasteiger partial charge >= 0.3 is 0 Å². The normalized spacial score (nSPS) is 28.4. The summed E-state index contributed by atoms with van der Waals surface area (Å²) in [6.45, 7) is 2.54. The Kier molecular flexibility index (Phi) is 4.09. The van der Waals surface area contributed by atoms with Gasteiger partial charge in [-0.15, -0.1) is 6.42 Å². The second kappa shape index (κ2) is 5.12. The molecular formula is C10H16N2O3. The maximum Gasteiger partial charge on any atom is 0.237 e. The minimum absolute atomic E-state index is 0.186. The van der Waals surface area contributed by atoms with Gasteiger partial charge in [-0.1, -0.05) is 5.92 Å². The van der Waals surface area contributed by atoms with Crippen LogP contribution in [-0.2, 0) is 4.79 Å². The van der Waals surface area contributed by atoms with Gasteiger partial charge in [0.2, 0.25) is 5.91 Å². The molecule has 1 amide bonds. The standard InChI is InChI=1S/C10H16N2O3/c1-3-4-11-10(15)7(2)12-5-8(13)9(14)6-12/h1,7-9,13-14H,4-6H2,2H3,(H,11,15). The Morgan fingerprint density at radius 3 is 2.60 bits per heavy atom. The Morgan fingerprint density at radius 1 is 1.60 bits per heavy atom. The highest BCUT2D eigenvalue weighted by molar-refractivity contribution is 5.81. The molecule has 3 N–H and O–H groups in total. The van der Waals surface area contributed by atoms with Gasteiger partial charge in [0.05, 0.1) is 24.8 Å². The second-order valence-corrected chi connectivity index (χ2v) is 3.69. The predicted molar refractivity (Wildman–Crippen MR) is 54.9 cm³/mol. The van der Waals surface area contributed by atoms with Crippen molar-refractivity contribution in [2.75, 3.05) is 19.6 Å². The molecule has 5 nitrogen and oxygen atoms in total. The zero-order valence-corrected chi connectivity index (χ0v) is 8.68. The van der Waals surface area contributed by atoms with Crippen molar-refractivity contribution in [2.45, 2.75) is 25.2 Å². The molecule has 84 valence electrons. The van der Waals surface area contributed by atoms with Crippen LogP contribution in [-0.4, -0.2) is 58.9 Å². The van der Waals surface area contributed by atoms with Crippen molar-refractivity contribution in [3.05, 3.63) is 0 Å². The third kappa shape index (κ3) is 2.93. The molecule has 5 heteroatoms. The van der Waals surface area contributed by atoms with E-state index in [0.29, 0.717) is 13.1 Å². The van der Waals surface area contributed by atoms with Gasteiger partial charge in [0.25, 0.3) is 0 Å². The highest BCUT2D eigenvalue weighted by Gasteiger charge is 2.34. The number of nitrogens with one attached hydrogen (secondary N) is 1. The number of carbonyl (C=O) groups excluding carboxylic acids is 1. The number of terminal acetylenes is 1. The molecule has 0 saturated carbocycles. The number of hydrogen-bond donors (Lipinski definition) is 3. The van der Waals surface area contributed by atoms with Crippen molar-refractivity contribution < 1.29 is 15.0 Å². The first-order valence-corrected chi connectivity index (χ1v) is 4.87. The fourth-order valence-electron chi connectivity index (χ4n) is 1.57. The first kappa shape index (κ1) is 12.0. The van der Waals surface area contributed by atoms with Crippen LogP contribution in [0.25, 0.3) is 0 Å². The van der Waals surface area contributed by atoms with Gasteiger partial charge in [0, 0.05) is 13.1 Å². The molecule has 0 aromatic rings. The predicted octanol–water partition coefficient (Wildman–Crippen LogP) is -1.84. The van der Waals surface area contributed by atoms with Crippen LogP contribution in [0.3, 0.4) is 0 Å². The van der Waals surface area contributed by atoms with Crippen LogP contribution in [0.15, 0.2) is 0 Å². The first-order chi connectivity index (χ1) is 7.06. The maximum absolute atomic E-state index is 11.5. The number of hydrogen-bond acceptors (Lipinski definition) is 4. The van der Waals surface area contributed by atoms with Gasteiger partial charge in [0.1, 0.15) is 0 Å². The topological polar surface area (TPSA) is 72.8 Å². The minimum atomic E-state index is -0.770. The van der Waals surface area contributed by atoms with Crippen LogP contribution in [0, 0.1) is 12.3 Å². The van der Waals surface area contributed by atoms with E-state index in [0.717, 1.165) is 0 Å². The molecule has 1 heterocycles. The van der Waals surface area contributed by atoms with Crippen LogP contribution in [0.1, 0.15) is 6.92 Å². The smallest absolute Gasteiger partial charge is 0.237 e. The molecule has 0 bridgehead atoms. The molecule has 1 aliphatic heterocycles. The number of likely N-dealkylation sites (tertiary alicyclic amines) is 1. The van der Waals surface area contributed by atoms with Crippen molar-refractivity contribution in [2.24, 2.45) is 0 Å². The summed E-state index contributed by atoms with van der Waals surface area (Å²) in [7, 11) is 0. The summed E-state index contributed by atoms with van der Waals surface area (Å²) < 4.78 is 0. The number of rotatable bonds is 3. The molecule has 3 unspecified atom stereocenters. The van der Waals surface area contributed by atoms with E-state index >= 15 is 0 Å². The summed E-state index contributed by atoms with van der Waals surface area (Å²) in [6.07, 6.45) is 3.48. The monoisotopic (exact) mass is 212 g/mol. The van der Waals surface area contributed by atoms with E-state index in [1.165, 1.54) is 0 Å². The Hall–Kier alpha value is -1.09. The second-order valence-electron chi connectivity index (χ2n) is 3.69. The number of aliphatic hydroxyl groups is 2. The van der Waals surface area contributed by atoms with Crippen molar-refractivity contribution in [3.63, 3.8) is 0 Å². The molecule has 1 fully saturated rings. The molecule has 1 rings (SSSR count). The molecule has 0 radical (unpaired) electrons. The Morgan fingerprint density at radius 2 is 2.13 bits per heavy atom. The van der Waals surface area contributed by atoms with Crippen LogP contribution in [0.4, 0.5) is 0 Å². The lowest BCUT2D eigenvalue weighted by Gasteiger charge is -2.22. The number of aliphatic hydroxyl groups excluding tert-OH is 2. The van der Waals surface area contributed by atoms with E-state index in [4.69, 9.17) is 6.42 Å². The fourth-order valence-corrected chi connectivity index (χ4v) is 1.57. The lowest BCUT2D eigenvalue weighted by molar-refractivity contribution is -0.125. The Labute approximate surface area is 89.1 Å². The minimum Gasteiger partial charge on any atom is -0.389 e. The summed E-state index contributed by atoms with van der Waals surface area (Å²) >= 11 is 0. The fraction of sp³-hybridized carbons (Fsp3) is 0.700. The van der Waals surface area contributed by atoms with E-state index in [2.05, 4.69) is 11.2 Å². The van der Waals surface area contributed by atoms with Crippen LogP contribution < -0.4 is 5.32 Å². The number of nitrogens with zero attached hydrogens (tertiary/aromatic N) is 1. The molecule has 0 aromatic carbocycles. The van der Waals surface area contributed by atoms with E-state index < -0.39 is 12.2 Å². The summed E-state index contributed by atoms with van der Waals surface area (Å²) in [6, 6.07) is -0.384. The zero-order valence-electron chi connectivity index (χ0n) is 8.68. The van der Waals surface area contributed by atoms with Crippen LogP contribution >= 0.6 is 0 Å². The van der Waals surface area contributed by atoms with Crippen molar-refractivity contribution >= 4 is 5.91 Å². The first-order valence-electron chi connectivity index (χ1n) is 4.87. The van der Waals surface area contributed by atoms with Crippen molar-refractivity contribution in [1.29, 1.82) is 0 Å². The third-order valence-electron chi connectivity index (χ3n) is 2.58. The van der Waals surface area contributed by atoms with E-state index in [9.17, 15) is 15.0 Å². The molecule has 0 spiro atoms. The van der Waals surface area contributed by atoms with E-state index in [1.54, 1.807) is 11.8 Å². The average Bonchev–Trinajstić information content (AvgIpc) is 2.54. The summed E-state index contributed by atoms with van der Waals surface area (Å²) in [4.78, 5) is 13.2. The highest BCUT2D eigenvalue weighted by atomic mass is 16.3. The Balaban J connectivity index is 2.44. The van der Waals surface area contributed by atoms with E-state index in [-0.39, 0.29) is 18.5 Å². The van der Waals surface area contributed by atoms with Crippen molar-refractivity contribution in [1.82, 2.24) is 10.2 Å². The largest absolute Gasteiger partial charge is 0.389 e. The molecular weight excluding hydrogens is 196 g/mol. The van der Waals surface area contributed by atoms with Gasteiger partial charge in [-0.3, -0.25) is 9.69 Å². The van der Waals surface area contributed by atoms with Gasteiger partial charge in [-0.05, 0) is 6.92 Å². The summed E-state index contributed by atoms with van der Waals surface area (Å²) in [5.74, 6) is 2.13. The van der Waals surface area contributed by atoms with Crippen molar-refractivity contribution in [3.8, 4) is 12.3 Å². The van der Waals surface area contributed by atoms with Gasteiger partial charge in [-0.2, -0.15) is 0 Å². The lowest BCUT2D eigenvalue weighted by Crippen LogP contribution is -2.44. The molecule has 1 saturated heterocycles. The van der Waals surface area contributed by atoms with Gasteiger partial charge < -0.3 is 15.5 Å². The van der Waals surface area contributed by atoms with Gasteiger partial charge in [0.15, 0.2) is 0 Å². The number of amides is 1. The Bertz CT molecular complexity index is 264. The highest BCUT2D eigenvalue weighted by Crippen LogP contribution is 2.13. The number of carbonyl (C=O) groups is 1. The SMILES string of the molecule is C#CCNC(=O)C(C)N1CC(O)C(O)C1. The van der Waals surface area contributed by atoms with Crippen LogP contribution in [0.5, 0.6) is 0 Å². The van der Waals surface area contributed by atoms with Gasteiger partial charge in [-0.25, -0.2) is 0 Å². The van der Waals surface area contributed by atoms with Crippen LogP contribution in [0.2, 0.25) is 0 Å². The quantitative estimate of drug-likeness (QED) is 0.481. The summed E-state index contributed by atoms with van der Waals surface area (Å²) in [5.41, 5.74) is 0. The molecule has 15 heavy (non-hydrogen) atoms. The maximum atomic E-state index is 11.5. The molecule has 0 aromatic heterocycles.